The predicted molar refractivity (Wildman–Crippen MR) is 137 cm³/mol. The first-order valence-corrected chi connectivity index (χ1v) is 12.5. The molecule has 6 nitrogen and oxygen atoms in total. The molecular weight excluding hydrogens is 502 g/mol. The van der Waals surface area contributed by atoms with Crippen molar-refractivity contribution in [3.05, 3.63) is 74.4 Å². The number of halogens is 1. The number of phenols is 1. The number of nitrogens with zero attached hydrogens (tertiary/aromatic N) is 2. The summed E-state index contributed by atoms with van der Waals surface area (Å²) in [5.74, 6) is -0.461. The number of carbonyl (C=O) groups is 2. The topological polar surface area (TPSA) is 72.9 Å². The molecule has 2 N–H and O–H groups in total. The van der Waals surface area contributed by atoms with Crippen molar-refractivity contribution in [2.75, 3.05) is 43.4 Å². The van der Waals surface area contributed by atoms with Crippen LogP contribution in [0.1, 0.15) is 32.0 Å². The number of ketones is 1. The zero-order chi connectivity index (χ0) is 23.4. The summed E-state index contributed by atoms with van der Waals surface area (Å²) < 4.78 is 0.880. The number of hydrogen-bond donors (Lipinski definition) is 2. The first-order valence-electron chi connectivity index (χ1n) is 10.8. The van der Waals surface area contributed by atoms with Crippen LogP contribution in [0.15, 0.2) is 58.4 Å². The standard InChI is InChI=1S/C25H26BrN3O3S/c1-28-12-3-13-29(15-14-28)19-8-6-17(7-9-19)25(32)27-24-18(4-2-5-20(24)30)16-21(31)22-10-11-23(26)33-22/h2,4-11,30H,3,12-16H2,1H3,(H,27,32). The van der Waals surface area contributed by atoms with Gasteiger partial charge in [-0.15, -0.1) is 11.3 Å². The molecule has 1 saturated heterocycles. The maximum atomic E-state index is 12.9. The number of rotatable bonds is 6. The van der Waals surface area contributed by atoms with Crippen molar-refractivity contribution in [3.8, 4) is 5.75 Å². The molecule has 2 heterocycles. The summed E-state index contributed by atoms with van der Waals surface area (Å²) in [5.41, 5.74) is 2.43. The smallest absolute Gasteiger partial charge is 0.255 e. The zero-order valence-electron chi connectivity index (χ0n) is 18.4. The van der Waals surface area contributed by atoms with E-state index >= 15 is 0 Å². The summed E-state index contributed by atoms with van der Waals surface area (Å²) in [6.45, 7) is 4.05. The van der Waals surface area contributed by atoms with Crippen molar-refractivity contribution in [1.82, 2.24) is 4.90 Å². The molecule has 4 rings (SSSR count). The number of para-hydroxylation sites is 1. The number of anilines is 2. The number of carbonyl (C=O) groups excluding carboxylic acids is 2. The third kappa shape index (κ3) is 5.82. The lowest BCUT2D eigenvalue weighted by Gasteiger charge is -2.23. The Morgan fingerprint density at radius 3 is 2.55 bits per heavy atom. The quantitative estimate of drug-likeness (QED) is 0.347. The van der Waals surface area contributed by atoms with E-state index in [1.807, 2.05) is 18.2 Å². The van der Waals surface area contributed by atoms with E-state index in [1.54, 1.807) is 30.3 Å². The van der Waals surface area contributed by atoms with E-state index in [2.05, 4.69) is 38.1 Å². The van der Waals surface area contributed by atoms with Gasteiger partial charge in [-0.25, -0.2) is 0 Å². The SMILES string of the molecule is CN1CCCN(c2ccc(C(=O)Nc3c(O)cccc3CC(=O)c3ccc(Br)s3)cc2)CC1. The highest BCUT2D eigenvalue weighted by Gasteiger charge is 2.18. The minimum Gasteiger partial charge on any atom is -0.506 e. The van der Waals surface area contributed by atoms with Gasteiger partial charge >= 0.3 is 0 Å². The first kappa shape index (κ1) is 23.5. The summed E-state index contributed by atoms with van der Waals surface area (Å²) in [7, 11) is 2.14. The van der Waals surface area contributed by atoms with E-state index in [1.165, 1.54) is 17.4 Å². The van der Waals surface area contributed by atoms with Gasteiger partial charge in [0, 0.05) is 37.3 Å². The van der Waals surface area contributed by atoms with E-state index in [0.717, 1.165) is 42.1 Å². The normalized spacial score (nSPS) is 14.7. The van der Waals surface area contributed by atoms with E-state index in [0.29, 0.717) is 16.0 Å². The molecule has 0 radical (unpaired) electrons. The molecule has 1 aromatic heterocycles. The molecule has 172 valence electrons. The van der Waals surface area contributed by atoms with E-state index < -0.39 is 0 Å². The Bertz CT molecular complexity index is 1150. The molecule has 0 atom stereocenters. The fourth-order valence-electron chi connectivity index (χ4n) is 3.92. The molecule has 33 heavy (non-hydrogen) atoms. The zero-order valence-corrected chi connectivity index (χ0v) is 20.8. The molecule has 1 fully saturated rings. The molecule has 1 aliphatic heterocycles. The van der Waals surface area contributed by atoms with Gasteiger partial charge in [0.25, 0.3) is 5.91 Å². The van der Waals surface area contributed by atoms with Gasteiger partial charge in [-0.1, -0.05) is 12.1 Å². The molecule has 3 aromatic rings. The monoisotopic (exact) mass is 527 g/mol. The number of amides is 1. The van der Waals surface area contributed by atoms with Gasteiger partial charge in [0.2, 0.25) is 0 Å². The van der Waals surface area contributed by atoms with Crippen LogP contribution in [0.25, 0.3) is 0 Å². The van der Waals surface area contributed by atoms with Crippen LogP contribution < -0.4 is 10.2 Å². The number of thiophene rings is 1. The Morgan fingerprint density at radius 2 is 1.82 bits per heavy atom. The average Bonchev–Trinajstić information content (AvgIpc) is 3.13. The maximum Gasteiger partial charge on any atom is 0.255 e. The van der Waals surface area contributed by atoms with Crippen molar-refractivity contribution in [2.45, 2.75) is 12.8 Å². The molecule has 1 amide bonds. The number of likely N-dealkylation sites (N-methyl/N-ethyl adjacent to an activating group) is 1. The van der Waals surface area contributed by atoms with Crippen molar-refractivity contribution in [2.24, 2.45) is 0 Å². The number of hydrogen-bond acceptors (Lipinski definition) is 6. The summed E-state index contributed by atoms with van der Waals surface area (Å²) in [6, 6.07) is 16.0. The highest BCUT2D eigenvalue weighted by atomic mass is 79.9. The van der Waals surface area contributed by atoms with Gasteiger partial charge in [-0.05, 0) is 84.0 Å². The van der Waals surface area contributed by atoms with Gasteiger partial charge in [-0.3, -0.25) is 9.59 Å². The van der Waals surface area contributed by atoms with Crippen LogP contribution in [0.2, 0.25) is 0 Å². The molecular formula is C25H26BrN3O3S. The number of aromatic hydroxyl groups is 1. The Morgan fingerprint density at radius 1 is 1.03 bits per heavy atom. The Hall–Kier alpha value is -2.68. The lowest BCUT2D eigenvalue weighted by Crippen LogP contribution is -2.28. The molecule has 0 spiro atoms. The molecule has 0 aliphatic carbocycles. The molecule has 0 unspecified atom stereocenters. The Kier molecular flexibility index (Phi) is 7.47. The van der Waals surface area contributed by atoms with Crippen molar-refractivity contribution in [1.29, 1.82) is 0 Å². The van der Waals surface area contributed by atoms with Gasteiger partial charge in [0.05, 0.1) is 14.4 Å². The maximum absolute atomic E-state index is 12.9. The van der Waals surface area contributed by atoms with Crippen LogP contribution in [0.3, 0.4) is 0 Å². The lowest BCUT2D eigenvalue weighted by atomic mass is 10.0. The Labute approximate surface area is 206 Å². The minimum atomic E-state index is -0.328. The second kappa shape index (κ2) is 10.5. The van der Waals surface area contributed by atoms with E-state index in [4.69, 9.17) is 0 Å². The predicted octanol–water partition coefficient (Wildman–Crippen LogP) is 5.04. The average molecular weight is 528 g/mol. The number of Topliss-reactive ketones (excluding diaryl/α,β-unsaturated/α-hetero) is 1. The third-order valence-electron chi connectivity index (χ3n) is 5.78. The van der Waals surface area contributed by atoms with Crippen molar-refractivity contribution >= 4 is 50.3 Å². The van der Waals surface area contributed by atoms with E-state index in [-0.39, 0.29) is 29.5 Å². The van der Waals surface area contributed by atoms with E-state index in [9.17, 15) is 14.7 Å². The third-order valence-corrected chi connectivity index (χ3v) is 7.45. The van der Waals surface area contributed by atoms with Crippen LogP contribution in [-0.2, 0) is 6.42 Å². The van der Waals surface area contributed by atoms with Crippen LogP contribution in [0.5, 0.6) is 5.75 Å². The second-order valence-corrected chi connectivity index (χ2v) is 10.6. The summed E-state index contributed by atoms with van der Waals surface area (Å²) >= 11 is 4.73. The van der Waals surface area contributed by atoms with Crippen molar-refractivity contribution in [3.63, 3.8) is 0 Å². The summed E-state index contributed by atoms with van der Waals surface area (Å²) in [5, 5.41) is 13.2. The summed E-state index contributed by atoms with van der Waals surface area (Å²) in [6.07, 6.45) is 1.19. The molecule has 8 heteroatoms. The van der Waals surface area contributed by atoms with Gasteiger partial charge < -0.3 is 20.2 Å². The van der Waals surface area contributed by atoms with Crippen LogP contribution in [0.4, 0.5) is 11.4 Å². The molecule has 2 aromatic carbocycles. The van der Waals surface area contributed by atoms with Gasteiger partial charge in [0.15, 0.2) is 5.78 Å². The minimum absolute atomic E-state index is 0.0636. The second-order valence-electron chi connectivity index (χ2n) is 8.16. The highest BCUT2D eigenvalue weighted by molar-refractivity contribution is 9.11. The molecule has 1 aliphatic rings. The fourth-order valence-corrected chi connectivity index (χ4v) is 5.24. The number of phenolic OH excluding ortho intramolecular Hbond substituents is 1. The van der Waals surface area contributed by atoms with Crippen LogP contribution in [-0.4, -0.2) is 54.9 Å². The fraction of sp³-hybridized carbons (Fsp3) is 0.280. The molecule has 0 saturated carbocycles. The van der Waals surface area contributed by atoms with Crippen LogP contribution >= 0.6 is 27.3 Å². The lowest BCUT2D eigenvalue weighted by molar-refractivity contribution is 0.0992. The molecule has 0 bridgehead atoms. The Balaban J connectivity index is 1.47. The number of benzene rings is 2. The number of nitrogens with one attached hydrogen (secondary N) is 1. The van der Waals surface area contributed by atoms with Gasteiger partial charge in [0.1, 0.15) is 5.75 Å². The highest BCUT2D eigenvalue weighted by Crippen LogP contribution is 2.30. The van der Waals surface area contributed by atoms with Crippen LogP contribution in [0, 0.1) is 0 Å². The van der Waals surface area contributed by atoms with Gasteiger partial charge in [-0.2, -0.15) is 0 Å². The largest absolute Gasteiger partial charge is 0.506 e. The van der Waals surface area contributed by atoms with Crippen molar-refractivity contribution < 1.29 is 14.7 Å². The first-order chi connectivity index (χ1) is 15.9. The summed E-state index contributed by atoms with van der Waals surface area (Å²) in [4.78, 5) is 30.9.